The van der Waals surface area contributed by atoms with Gasteiger partial charge in [0.05, 0.1) is 0 Å². The highest BCUT2D eigenvalue weighted by molar-refractivity contribution is 6.31. The fourth-order valence-electron chi connectivity index (χ4n) is 1.73. The van der Waals surface area contributed by atoms with Crippen LogP contribution in [-0.2, 0) is 6.54 Å². The maximum absolute atomic E-state index is 11.8. The number of hydrogen-bond donors (Lipinski definition) is 3. The van der Waals surface area contributed by atoms with Gasteiger partial charge in [-0.15, -0.1) is 0 Å². The van der Waals surface area contributed by atoms with E-state index in [0.717, 1.165) is 5.56 Å². The van der Waals surface area contributed by atoms with Crippen LogP contribution in [0.3, 0.4) is 0 Å². The molecule has 0 saturated carbocycles. The molecule has 1 aromatic carbocycles. The molecule has 0 atom stereocenters. The van der Waals surface area contributed by atoms with E-state index in [0.29, 0.717) is 23.2 Å². The molecule has 5 nitrogen and oxygen atoms in total. The van der Waals surface area contributed by atoms with E-state index in [-0.39, 0.29) is 17.2 Å². The van der Waals surface area contributed by atoms with E-state index in [1.807, 2.05) is 38.1 Å². The number of aromatic amines is 1. The van der Waals surface area contributed by atoms with Gasteiger partial charge in [-0.3, -0.25) is 4.79 Å². The van der Waals surface area contributed by atoms with E-state index in [2.05, 4.69) is 15.3 Å². The maximum Gasteiger partial charge on any atom is 0.276 e. The predicted octanol–water partition coefficient (Wildman–Crippen LogP) is 2.74. The highest BCUT2D eigenvalue weighted by atomic mass is 35.5. The first-order valence-corrected chi connectivity index (χ1v) is 6.73. The van der Waals surface area contributed by atoms with Crippen LogP contribution >= 0.6 is 11.6 Å². The predicted molar refractivity (Wildman–Crippen MR) is 82.1 cm³/mol. The van der Waals surface area contributed by atoms with Crippen molar-refractivity contribution < 1.29 is 0 Å². The first-order chi connectivity index (χ1) is 9.49. The molecule has 2 aromatic rings. The van der Waals surface area contributed by atoms with Gasteiger partial charge in [0.25, 0.3) is 5.56 Å². The van der Waals surface area contributed by atoms with Crippen LogP contribution in [0.4, 0.5) is 11.5 Å². The third-order valence-corrected chi connectivity index (χ3v) is 3.29. The van der Waals surface area contributed by atoms with E-state index >= 15 is 0 Å². The van der Waals surface area contributed by atoms with Gasteiger partial charge in [0.15, 0.2) is 5.82 Å². The molecule has 0 aliphatic rings. The minimum Gasteiger partial charge on any atom is -0.391 e. The van der Waals surface area contributed by atoms with Crippen molar-refractivity contribution >= 4 is 23.1 Å². The zero-order chi connectivity index (χ0) is 14.7. The number of nitrogen functional groups attached to an aromatic ring is 1. The van der Waals surface area contributed by atoms with E-state index in [1.54, 1.807) is 0 Å². The van der Waals surface area contributed by atoms with Gasteiger partial charge < -0.3 is 16.0 Å². The van der Waals surface area contributed by atoms with Gasteiger partial charge in [-0.05, 0) is 11.6 Å². The molecule has 20 heavy (non-hydrogen) atoms. The number of aromatic nitrogens is 2. The number of H-pyrrole nitrogens is 1. The summed E-state index contributed by atoms with van der Waals surface area (Å²) in [5.74, 6) is 1.10. The van der Waals surface area contributed by atoms with Crippen LogP contribution in [0.2, 0.25) is 5.02 Å². The van der Waals surface area contributed by atoms with Crippen LogP contribution in [0.25, 0.3) is 0 Å². The van der Waals surface area contributed by atoms with Gasteiger partial charge in [0.1, 0.15) is 11.5 Å². The zero-order valence-corrected chi connectivity index (χ0v) is 12.2. The summed E-state index contributed by atoms with van der Waals surface area (Å²) in [5, 5.41) is 3.73. The Morgan fingerprint density at radius 3 is 2.75 bits per heavy atom. The SMILES string of the molecule is CC(C)c1nc(NCc2ccccc2Cl)c(N)c(=O)[nH]1. The molecule has 2 rings (SSSR count). The number of nitrogens with one attached hydrogen (secondary N) is 2. The summed E-state index contributed by atoms with van der Waals surface area (Å²) < 4.78 is 0. The number of nitrogens with zero attached hydrogens (tertiary/aromatic N) is 1. The first kappa shape index (κ1) is 14.4. The first-order valence-electron chi connectivity index (χ1n) is 6.36. The summed E-state index contributed by atoms with van der Waals surface area (Å²) in [6.45, 7) is 4.36. The van der Waals surface area contributed by atoms with Gasteiger partial charge in [-0.25, -0.2) is 4.98 Å². The van der Waals surface area contributed by atoms with Gasteiger partial charge in [-0.1, -0.05) is 43.6 Å². The van der Waals surface area contributed by atoms with E-state index < -0.39 is 0 Å². The topological polar surface area (TPSA) is 83.8 Å². The van der Waals surface area contributed by atoms with Crippen molar-refractivity contribution in [3.05, 3.63) is 51.0 Å². The van der Waals surface area contributed by atoms with Crippen LogP contribution in [0.5, 0.6) is 0 Å². The molecule has 0 aliphatic heterocycles. The molecule has 0 bridgehead atoms. The third kappa shape index (κ3) is 3.11. The van der Waals surface area contributed by atoms with Crippen molar-refractivity contribution in [2.75, 3.05) is 11.1 Å². The smallest absolute Gasteiger partial charge is 0.276 e. The van der Waals surface area contributed by atoms with Crippen molar-refractivity contribution in [1.82, 2.24) is 9.97 Å². The second kappa shape index (κ2) is 5.96. The Balaban J connectivity index is 2.25. The fourth-order valence-corrected chi connectivity index (χ4v) is 1.93. The van der Waals surface area contributed by atoms with Crippen molar-refractivity contribution in [2.45, 2.75) is 26.3 Å². The molecule has 6 heteroatoms. The van der Waals surface area contributed by atoms with Crippen molar-refractivity contribution in [2.24, 2.45) is 0 Å². The minimum absolute atomic E-state index is 0.0847. The quantitative estimate of drug-likeness (QED) is 0.809. The third-order valence-electron chi connectivity index (χ3n) is 2.92. The Hall–Kier alpha value is -2.01. The largest absolute Gasteiger partial charge is 0.391 e. The number of halogens is 1. The number of nitrogens with two attached hydrogens (primary N) is 1. The standard InChI is InChI=1S/C14H17ClN4O/c1-8(2)12-18-13(11(16)14(20)19-12)17-7-9-5-3-4-6-10(9)15/h3-6,8H,7,16H2,1-2H3,(H2,17,18,19,20). The molecule has 4 N–H and O–H groups in total. The Bertz CT molecular complexity index is 666. The van der Waals surface area contributed by atoms with Crippen molar-refractivity contribution in [1.29, 1.82) is 0 Å². The Morgan fingerprint density at radius 1 is 1.40 bits per heavy atom. The van der Waals surface area contributed by atoms with Crippen molar-refractivity contribution in [3.8, 4) is 0 Å². The number of benzene rings is 1. The molecule has 0 saturated heterocycles. The van der Waals surface area contributed by atoms with Gasteiger partial charge >= 0.3 is 0 Å². The Labute approximate surface area is 122 Å². The Morgan fingerprint density at radius 2 is 2.10 bits per heavy atom. The number of rotatable bonds is 4. The Kier molecular flexibility index (Phi) is 4.29. The highest BCUT2D eigenvalue weighted by Gasteiger charge is 2.11. The van der Waals surface area contributed by atoms with Crippen LogP contribution in [0, 0.1) is 0 Å². The van der Waals surface area contributed by atoms with Crippen molar-refractivity contribution in [3.63, 3.8) is 0 Å². The van der Waals surface area contributed by atoms with E-state index in [9.17, 15) is 4.79 Å². The normalized spacial score (nSPS) is 10.8. The monoisotopic (exact) mass is 292 g/mol. The lowest BCUT2D eigenvalue weighted by molar-refractivity contribution is 0.768. The van der Waals surface area contributed by atoms with Crippen LogP contribution in [0.15, 0.2) is 29.1 Å². The minimum atomic E-state index is -0.328. The van der Waals surface area contributed by atoms with E-state index in [1.165, 1.54) is 0 Å². The molecular formula is C14H17ClN4O. The zero-order valence-electron chi connectivity index (χ0n) is 11.4. The van der Waals surface area contributed by atoms with Gasteiger partial charge in [0, 0.05) is 17.5 Å². The lowest BCUT2D eigenvalue weighted by atomic mass is 10.2. The second-order valence-corrected chi connectivity index (χ2v) is 5.22. The summed E-state index contributed by atoms with van der Waals surface area (Å²) in [4.78, 5) is 18.8. The van der Waals surface area contributed by atoms with Gasteiger partial charge in [-0.2, -0.15) is 0 Å². The number of hydrogen-bond acceptors (Lipinski definition) is 4. The second-order valence-electron chi connectivity index (χ2n) is 4.81. The summed E-state index contributed by atoms with van der Waals surface area (Å²) in [6.07, 6.45) is 0. The average molecular weight is 293 g/mol. The summed E-state index contributed by atoms with van der Waals surface area (Å²) >= 11 is 6.08. The van der Waals surface area contributed by atoms with E-state index in [4.69, 9.17) is 17.3 Å². The molecule has 0 spiro atoms. The number of anilines is 2. The van der Waals surface area contributed by atoms with Crippen LogP contribution in [0.1, 0.15) is 31.2 Å². The average Bonchev–Trinajstić information content (AvgIpc) is 2.41. The maximum atomic E-state index is 11.8. The summed E-state index contributed by atoms with van der Waals surface area (Å²) in [7, 11) is 0. The highest BCUT2D eigenvalue weighted by Crippen LogP contribution is 2.19. The molecule has 0 fully saturated rings. The summed E-state index contributed by atoms with van der Waals surface area (Å²) in [6, 6.07) is 7.48. The summed E-state index contributed by atoms with van der Waals surface area (Å²) in [5.41, 5.74) is 6.43. The molecule has 1 heterocycles. The molecule has 0 amide bonds. The lowest BCUT2D eigenvalue weighted by Gasteiger charge is -2.12. The lowest BCUT2D eigenvalue weighted by Crippen LogP contribution is -2.20. The molecule has 0 aliphatic carbocycles. The molecule has 1 aromatic heterocycles. The fraction of sp³-hybridized carbons (Fsp3) is 0.286. The van der Waals surface area contributed by atoms with Gasteiger partial charge in [0.2, 0.25) is 0 Å². The van der Waals surface area contributed by atoms with Crippen LogP contribution < -0.4 is 16.6 Å². The molecule has 106 valence electrons. The van der Waals surface area contributed by atoms with Crippen LogP contribution in [-0.4, -0.2) is 9.97 Å². The molecular weight excluding hydrogens is 276 g/mol. The molecule has 0 unspecified atom stereocenters. The molecule has 0 radical (unpaired) electrons.